The van der Waals surface area contributed by atoms with Crippen LogP contribution in [0.3, 0.4) is 0 Å². The van der Waals surface area contributed by atoms with Crippen LogP contribution in [0.1, 0.15) is 13.8 Å². The minimum Gasteiger partial charge on any atom is -0.497 e. The van der Waals surface area contributed by atoms with Crippen molar-refractivity contribution in [1.82, 2.24) is 0 Å². The lowest BCUT2D eigenvalue weighted by Gasteiger charge is -2.21. The average molecular weight is 304 g/mol. The third-order valence-corrected chi connectivity index (χ3v) is 5.10. The lowest BCUT2D eigenvalue weighted by molar-refractivity contribution is 0.278. The van der Waals surface area contributed by atoms with Crippen LogP contribution in [-0.4, -0.2) is 20.3 Å². The molecule has 4 heteroatoms. The first kappa shape index (κ1) is 15.8. The Balaban J connectivity index is 2.31. The van der Waals surface area contributed by atoms with Crippen molar-refractivity contribution in [3.63, 3.8) is 0 Å². The molecular formula is C17H21O3P. The van der Waals surface area contributed by atoms with E-state index >= 15 is 0 Å². The highest BCUT2D eigenvalue weighted by Gasteiger charge is 2.17. The second kappa shape index (κ2) is 7.44. The van der Waals surface area contributed by atoms with Crippen LogP contribution in [-0.2, 0) is 4.52 Å². The van der Waals surface area contributed by atoms with E-state index in [-0.39, 0.29) is 6.10 Å². The van der Waals surface area contributed by atoms with E-state index in [4.69, 9.17) is 14.0 Å². The van der Waals surface area contributed by atoms with E-state index in [2.05, 4.69) is 38.1 Å². The normalized spacial score (nSPS) is 11.0. The van der Waals surface area contributed by atoms with Crippen LogP contribution in [0.2, 0.25) is 0 Å². The SMILES string of the molecule is COc1ccc(P(OC(C)C)c2ccc(OC)cc2)cc1. The fraction of sp³-hybridized carbons (Fsp3) is 0.294. The lowest BCUT2D eigenvalue weighted by atomic mass is 10.3. The van der Waals surface area contributed by atoms with E-state index in [1.165, 1.54) is 10.6 Å². The maximum Gasteiger partial charge on any atom is 0.118 e. The standard InChI is InChI=1S/C17H21O3P/c1-13(2)20-21(16-9-5-14(18-3)6-10-16)17-11-7-15(19-4)8-12-17/h5-13H,1-4H3. The van der Waals surface area contributed by atoms with Crippen molar-refractivity contribution < 1.29 is 14.0 Å². The first-order valence-electron chi connectivity index (χ1n) is 6.89. The molecule has 0 unspecified atom stereocenters. The van der Waals surface area contributed by atoms with Crippen LogP contribution in [0.25, 0.3) is 0 Å². The molecule has 2 aromatic carbocycles. The Morgan fingerprint density at radius 1 is 0.714 bits per heavy atom. The van der Waals surface area contributed by atoms with Gasteiger partial charge in [0, 0.05) is 10.6 Å². The van der Waals surface area contributed by atoms with E-state index in [1.54, 1.807) is 14.2 Å². The molecule has 2 aromatic rings. The molecule has 0 radical (unpaired) electrons. The smallest absolute Gasteiger partial charge is 0.118 e. The van der Waals surface area contributed by atoms with E-state index < -0.39 is 8.15 Å². The molecule has 0 atom stereocenters. The second-order valence-electron chi connectivity index (χ2n) is 4.84. The summed E-state index contributed by atoms with van der Waals surface area (Å²) in [4.78, 5) is 0. The van der Waals surface area contributed by atoms with E-state index in [0.717, 1.165) is 11.5 Å². The van der Waals surface area contributed by atoms with Gasteiger partial charge in [-0.05, 0) is 62.4 Å². The van der Waals surface area contributed by atoms with Gasteiger partial charge in [0.05, 0.1) is 28.5 Å². The highest BCUT2D eigenvalue weighted by atomic mass is 31.1. The zero-order chi connectivity index (χ0) is 15.2. The number of rotatable bonds is 6. The van der Waals surface area contributed by atoms with Gasteiger partial charge in [0.25, 0.3) is 0 Å². The molecule has 0 spiro atoms. The van der Waals surface area contributed by atoms with Gasteiger partial charge in [-0.2, -0.15) is 0 Å². The quantitative estimate of drug-likeness (QED) is 0.765. The topological polar surface area (TPSA) is 27.7 Å². The first-order valence-corrected chi connectivity index (χ1v) is 8.15. The van der Waals surface area contributed by atoms with Crippen LogP contribution in [0, 0.1) is 0 Å². The number of benzene rings is 2. The Bertz CT molecular complexity index is 502. The average Bonchev–Trinajstić information content (AvgIpc) is 2.53. The van der Waals surface area contributed by atoms with Crippen molar-refractivity contribution in [2.45, 2.75) is 20.0 Å². The summed E-state index contributed by atoms with van der Waals surface area (Å²) in [7, 11) is 2.51. The number of hydrogen-bond acceptors (Lipinski definition) is 3. The third kappa shape index (κ3) is 4.20. The summed E-state index contributed by atoms with van der Waals surface area (Å²) < 4.78 is 16.6. The molecule has 0 aliphatic carbocycles. The van der Waals surface area contributed by atoms with Gasteiger partial charge in [0.2, 0.25) is 0 Å². The molecule has 0 fully saturated rings. The van der Waals surface area contributed by atoms with E-state index in [0.29, 0.717) is 0 Å². The molecule has 0 bridgehead atoms. The van der Waals surface area contributed by atoms with Crippen LogP contribution in [0.15, 0.2) is 48.5 Å². The zero-order valence-electron chi connectivity index (χ0n) is 12.9. The highest BCUT2D eigenvalue weighted by Crippen LogP contribution is 2.37. The van der Waals surface area contributed by atoms with Gasteiger partial charge in [0.15, 0.2) is 0 Å². The molecule has 0 heterocycles. The third-order valence-electron chi connectivity index (χ3n) is 2.93. The summed E-state index contributed by atoms with van der Waals surface area (Å²) in [6, 6.07) is 16.1. The van der Waals surface area contributed by atoms with Gasteiger partial charge in [-0.3, -0.25) is 0 Å². The Kier molecular flexibility index (Phi) is 5.60. The first-order chi connectivity index (χ1) is 10.1. The van der Waals surface area contributed by atoms with Gasteiger partial charge < -0.3 is 14.0 Å². The predicted molar refractivity (Wildman–Crippen MR) is 88.4 cm³/mol. The second-order valence-corrected chi connectivity index (χ2v) is 6.68. The van der Waals surface area contributed by atoms with E-state index in [9.17, 15) is 0 Å². The highest BCUT2D eigenvalue weighted by molar-refractivity contribution is 7.68. The zero-order valence-corrected chi connectivity index (χ0v) is 13.8. The van der Waals surface area contributed by atoms with Crippen molar-refractivity contribution in [2.75, 3.05) is 14.2 Å². The Morgan fingerprint density at radius 2 is 1.10 bits per heavy atom. The summed E-state index contributed by atoms with van der Waals surface area (Å²) in [6.07, 6.45) is 0.167. The van der Waals surface area contributed by atoms with Crippen molar-refractivity contribution in [3.8, 4) is 11.5 Å². The fourth-order valence-corrected chi connectivity index (χ4v) is 3.72. The van der Waals surface area contributed by atoms with Crippen molar-refractivity contribution in [2.24, 2.45) is 0 Å². The largest absolute Gasteiger partial charge is 0.497 e. The molecule has 0 N–H and O–H groups in total. The predicted octanol–water partition coefficient (Wildman–Crippen LogP) is 3.48. The van der Waals surface area contributed by atoms with Crippen molar-refractivity contribution >= 4 is 18.8 Å². The number of hydrogen-bond donors (Lipinski definition) is 0. The van der Waals surface area contributed by atoms with Gasteiger partial charge in [-0.15, -0.1) is 0 Å². The summed E-state index contributed by atoms with van der Waals surface area (Å²) in [6.45, 7) is 4.12. The minimum atomic E-state index is -0.836. The summed E-state index contributed by atoms with van der Waals surface area (Å²) in [5, 5.41) is 2.34. The van der Waals surface area contributed by atoms with E-state index in [1.807, 2.05) is 24.3 Å². The fourth-order valence-electron chi connectivity index (χ4n) is 1.92. The Hall–Kier alpha value is -1.57. The Labute approximate surface area is 127 Å². The monoisotopic (exact) mass is 304 g/mol. The molecule has 3 nitrogen and oxygen atoms in total. The molecule has 2 rings (SSSR count). The van der Waals surface area contributed by atoms with Gasteiger partial charge >= 0.3 is 0 Å². The summed E-state index contributed by atoms with van der Waals surface area (Å²) >= 11 is 0. The molecule has 21 heavy (non-hydrogen) atoms. The van der Waals surface area contributed by atoms with Crippen LogP contribution < -0.4 is 20.1 Å². The molecule has 0 saturated carbocycles. The van der Waals surface area contributed by atoms with Gasteiger partial charge in [0.1, 0.15) is 11.5 Å². The molecular weight excluding hydrogens is 283 g/mol. The molecule has 0 aliphatic heterocycles. The maximum absolute atomic E-state index is 6.15. The molecule has 0 aliphatic rings. The minimum absolute atomic E-state index is 0.167. The Morgan fingerprint density at radius 3 is 1.38 bits per heavy atom. The molecule has 112 valence electrons. The lowest BCUT2D eigenvalue weighted by Crippen LogP contribution is -2.16. The summed E-state index contributed by atoms with van der Waals surface area (Å²) in [5.41, 5.74) is 0. The number of ether oxygens (including phenoxy) is 2. The van der Waals surface area contributed by atoms with Gasteiger partial charge in [-0.1, -0.05) is 0 Å². The molecule has 0 saturated heterocycles. The van der Waals surface area contributed by atoms with Crippen LogP contribution in [0.4, 0.5) is 0 Å². The van der Waals surface area contributed by atoms with Crippen LogP contribution in [0.5, 0.6) is 11.5 Å². The van der Waals surface area contributed by atoms with Gasteiger partial charge in [-0.25, -0.2) is 0 Å². The maximum atomic E-state index is 6.15. The molecule has 0 amide bonds. The van der Waals surface area contributed by atoms with Crippen LogP contribution >= 0.6 is 8.15 Å². The van der Waals surface area contributed by atoms with Crippen molar-refractivity contribution in [3.05, 3.63) is 48.5 Å². The van der Waals surface area contributed by atoms with Crippen molar-refractivity contribution in [1.29, 1.82) is 0 Å². The molecule has 0 aromatic heterocycles. The summed E-state index contributed by atoms with van der Waals surface area (Å²) in [5.74, 6) is 1.71. The number of methoxy groups -OCH3 is 2.